The van der Waals surface area contributed by atoms with Crippen LogP contribution < -0.4 is 15.9 Å². The number of rotatable bonds is 7. The van der Waals surface area contributed by atoms with Crippen LogP contribution in [0.4, 0.5) is 5.69 Å². The Morgan fingerprint density at radius 1 is 1.13 bits per heavy atom. The number of amides is 1. The van der Waals surface area contributed by atoms with Crippen LogP contribution in [0.5, 0.6) is 0 Å². The Balaban J connectivity index is 1.67. The summed E-state index contributed by atoms with van der Waals surface area (Å²) in [5.74, 6) is 6.29. The van der Waals surface area contributed by atoms with Crippen molar-refractivity contribution in [3.63, 3.8) is 0 Å². The van der Waals surface area contributed by atoms with Crippen molar-refractivity contribution in [2.24, 2.45) is 0 Å². The highest BCUT2D eigenvalue weighted by atomic mass is 32.2. The lowest BCUT2D eigenvalue weighted by atomic mass is 10.1. The van der Waals surface area contributed by atoms with Gasteiger partial charge in [-0.15, -0.1) is 10.2 Å². The molecule has 0 aliphatic carbocycles. The number of carbonyl (C=O) groups excluding carboxylic acids is 1. The Labute approximate surface area is 179 Å². The van der Waals surface area contributed by atoms with E-state index in [0.717, 1.165) is 22.9 Å². The van der Waals surface area contributed by atoms with Gasteiger partial charge in [-0.1, -0.05) is 47.7 Å². The molecule has 0 bridgehead atoms. The molecule has 1 aromatic heterocycles. The third-order valence-corrected chi connectivity index (χ3v) is 6.84. The zero-order chi connectivity index (χ0) is 21.9. The molecule has 0 fully saturated rings. The van der Waals surface area contributed by atoms with Crippen molar-refractivity contribution in [3.8, 4) is 11.4 Å². The SMILES string of the molecule is CNS(=O)(=O)c1cc(NC(=O)CSc2nnc(-c3ccc(C)cc3)n2N)ccc1C. The highest BCUT2D eigenvalue weighted by molar-refractivity contribution is 7.99. The zero-order valence-corrected chi connectivity index (χ0v) is 18.3. The number of nitrogens with one attached hydrogen (secondary N) is 2. The highest BCUT2D eigenvalue weighted by Crippen LogP contribution is 2.23. The van der Waals surface area contributed by atoms with E-state index < -0.39 is 10.0 Å². The predicted octanol–water partition coefficient (Wildman–Crippen LogP) is 1.91. The Kier molecular flexibility index (Phi) is 6.44. The minimum Gasteiger partial charge on any atom is -0.335 e. The number of sulfonamides is 1. The van der Waals surface area contributed by atoms with Gasteiger partial charge < -0.3 is 11.2 Å². The summed E-state index contributed by atoms with van der Waals surface area (Å²) in [6, 6.07) is 12.4. The number of nitrogens with zero attached hydrogens (tertiary/aromatic N) is 3. The van der Waals surface area contributed by atoms with Gasteiger partial charge in [0.2, 0.25) is 21.1 Å². The molecule has 4 N–H and O–H groups in total. The number of benzene rings is 2. The molecule has 0 saturated carbocycles. The Morgan fingerprint density at radius 3 is 2.50 bits per heavy atom. The molecule has 0 radical (unpaired) electrons. The van der Waals surface area contributed by atoms with Gasteiger partial charge in [0.1, 0.15) is 0 Å². The third kappa shape index (κ3) is 4.81. The number of anilines is 1. The van der Waals surface area contributed by atoms with E-state index in [1.165, 1.54) is 17.8 Å². The van der Waals surface area contributed by atoms with Crippen molar-refractivity contribution in [1.82, 2.24) is 19.6 Å². The second-order valence-corrected chi connectivity index (χ2v) is 9.36. The molecule has 0 aliphatic heterocycles. The Hall–Kier alpha value is -2.89. The zero-order valence-electron chi connectivity index (χ0n) is 16.7. The first-order valence-corrected chi connectivity index (χ1v) is 11.4. The van der Waals surface area contributed by atoms with Crippen LogP contribution in [0.15, 0.2) is 52.5 Å². The fourth-order valence-electron chi connectivity index (χ4n) is 2.68. The fourth-order valence-corrected chi connectivity index (χ4v) is 4.33. The molecule has 0 spiro atoms. The molecule has 1 heterocycles. The fraction of sp³-hybridized carbons (Fsp3) is 0.211. The summed E-state index contributed by atoms with van der Waals surface area (Å²) in [6.07, 6.45) is 0. The number of nitrogens with two attached hydrogens (primary N) is 1. The van der Waals surface area contributed by atoms with Crippen molar-refractivity contribution in [2.75, 3.05) is 24.0 Å². The smallest absolute Gasteiger partial charge is 0.240 e. The van der Waals surface area contributed by atoms with Crippen LogP contribution in [0, 0.1) is 13.8 Å². The second kappa shape index (κ2) is 8.86. The molecule has 0 saturated heterocycles. The monoisotopic (exact) mass is 446 g/mol. The summed E-state index contributed by atoms with van der Waals surface area (Å²) < 4.78 is 27.8. The van der Waals surface area contributed by atoms with Crippen LogP contribution in [-0.4, -0.2) is 42.0 Å². The van der Waals surface area contributed by atoms with E-state index in [4.69, 9.17) is 5.84 Å². The van der Waals surface area contributed by atoms with E-state index in [0.29, 0.717) is 22.2 Å². The average Bonchev–Trinajstić information content (AvgIpc) is 3.09. The summed E-state index contributed by atoms with van der Waals surface area (Å²) in [6.45, 7) is 3.67. The normalized spacial score (nSPS) is 11.4. The van der Waals surface area contributed by atoms with Crippen molar-refractivity contribution >= 4 is 33.4 Å². The van der Waals surface area contributed by atoms with Gasteiger partial charge in [-0.2, -0.15) is 0 Å². The van der Waals surface area contributed by atoms with Crippen LogP contribution in [0.1, 0.15) is 11.1 Å². The largest absolute Gasteiger partial charge is 0.335 e. The maximum Gasteiger partial charge on any atom is 0.240 e. The Morgan fingerprint density at radius 2 is 1.83 bits per heavy atom. The van der Waals surface area contributed by atoms with Crippen molar-refractivity contribution in [3.05, 3.63) is 53.6 Å². The number of aryl methyl sites for hydroxylation is 2. The first kappa shape index (κ1) is 21.8. The molecule has 0 atom stereocenters. The minimum atomic E-state index is -3.62. The summed E-state index contributed by atoms with van der Waals surface area (Å²) in [5.41, 5.74) is 2.91. The number of nitrogen functional groups attached to an aromatic ring is 1. The summed E-state index contributed by atoms with van der Waals surface area (Å²) in [5, 5.41) is 11.2. The van der Waals surface area contributed by atoms with Crippen LogP contribution >= 0.6 is 11.8 Å². The quantitative estimate of drug-likeness (QED) is 0.373. The van der Waals surface area contributed by atoms with Crippen molar-refractivity contribution < 1.29 is 13.2 Å². The Bertz CT molecular complexity index is 1170. The highest BCUT2D eigenvalue weighted by Gasteiger charge is 2.17. The van der Waals surface area contributed by atoms with Crippen molar-refractivity contribution in [2.45, 2.75) is 23.9 Å². The van der Waals surface area contributed by atoms with Crippen molar-refractivity contribution in [1.29, 1.82) is 0 Å². The number of hydrogen-bond acceptors (Lipinski definition) is 7. The van der Waals surface area contributed by atoms with Crippen LogP contribution in [0.25, 0.3) is 11.4 Å². The molecule has 3 rings (SSSR count). The number of hydrogen-bond donors (Lipinski definition) is 3. The molecule has 3 aromatic rings. The van der Waals surface area contributed by atoms with E-state index in [1.54, 1.807) is 19.1 Å². The maximum atomic E-state index is 12.3. The molecular formula is C19H22N6O3S2. The average molecular weight is 447 g/mol. The van der Waals surface area contributed by atoms with Gasteiger partial charge in [0.05, 0.1) is 10.6 Å². The summed E-state index contributed by atoms with van der Waals surface area (Å²) in [7, 11) is -2.28. The minimum absolute atomic E-state index is 0.0330. The molecule has 2 aromatic carbocycles. The van der Waals surface area contributed by atoms with Crippen LogP contribution in [0.3, 0.4) is 0 Å². The van der Waals surface area contributed by atoms with Gasteiger partial charge in [0.15, 0.2) is 5.82 Å². The maximum absolute atomic E-state index is 12.3. The second-order valence-electron chi connectivity index (χ2n) is 6.57. The summed E-state index contributed by atoms with van der Waals surface area (Å²) >= 11 is 1.13. The number of aromatic nitrogens is 3. The van der Waals surface area contributed by atoms with E-state index in [9.17, 15) is 13.2 Å². The first-order valence-electron chi connectivity index (χ1n) is 8.95. The number of carbonyl (C=O) groups is 1. The van der Waals surface area contributed by atoms with Gasteiger partial charge in [-0.3, -0.25) is 4.79 Å². The molecule has 1 amide bonds. The molecule has 11 heteroatoms. The van der Waals surface area contributed by atoms with Gasteiger partial charge in [-0.25, -0.2) is 17.8 Å². The first-order chi connectivity index (χ1) is 14.2. The number of thioether (sulfide) groups is 1. The molecule has 0 unspecified atom stereocenters. The third-order valence-electron chi connectivity index (χ3n) is 4.34. The van der Waals surface area contributed by atoms with Gasteiger partial charge in [-0.05, 0) is 38.6 Å². The molecular weight excluding hydrogens is 424 g/mol. The molecule has 0 aliphatic rings. The van der Waals surface area contributed by atoms with E-state index in [-0.39, 0.29) is 16.6 Å². The topological polar surface area (TPSA) is 132 Å². The van der Waals surface area contributed by atoms with E-state index >= 15 is 0 Å². The van der Waals surface area contributed by atoms with Crippen LogP contribution in [-0.2, 0) is 14.8 Å². The molecule has 30 heavy (non-hydrogen) atoms. The predicted molar refractivity (Wildman–Crippen MR) is 117 cm³/mol. The molecule has 9 nitrogen and oxygen atoms in total. The molecule has 158 valence electrons. The lowest BCUT2D eigenvalue weighted by Gasteiger charge is -2.10. The van der Waals surface area contributed by atoms with Crippen LogP contribution in [0.2, 0.25) is 0 Å². The summed E-state index contributed by atoms with van der Waals surface area (Å²) in [4.78, 5) is 12.4. The van der Waals surface area contributed by atoms with E-state index in [1.807, 2.05) is 31.2 Å². The van der Waals surface area contributed by atoms with Gasteiger partial charge in [0, 0.05) is 11.3 Å². The standard InChI is InChI=1S/C19H22N6O3S2/c1-12-4-7-14(8-5-12)18-23-24-19(25(18)20)29-11-17(26)22-15-9-6-13(2)16(10-15)30(27,28)21-3/h4-10,21H,11,20H2,1-3H3,(H,22,26). The van der Waals surface area contributed by atoms with Gasteiger partial charge in [0.25, 0.3) is 0 Å². The lowest BCUT2D eigenvalue weighted by molar-refractivity contribution is -0.113. The van der Waals surface area contributed by atoms with E-state index in [2.05, 4.69) is 20.2 Å². The van der Waals surface area contributed by atoms with Gasteiger partial charge >= 0.3 is 0 Å². The lowest BCUT2D eigenvalue weighted by Crippen LogP contribution is -2.20.